The van der Waals surface area contributed by atoms with E-state index in [0.717, 1.165) is 22.6 Å². The van der Waals surface area contributed by atoms with Gasteiger partial charge >= 0.3 is 0 Å². The Kier molecular flexibility index (Phi) is 4.77. The van der Waals surface area contributed by atoms with E-state index in [1.54, 1.807) is 11.7 Å². The van der Waals surface area contributed by atoms with Crippen LogP contribution in [0.4, 0.5) is 0 Å². The summed E-state index contributed by atoms with van der Waals surface area (Å²) in [7, 11) is 1.64. The first kappa shape index (κ1) is 17.7. The Morgan fingerprint density at radius 2 is 1.61 bits per heavy atom. The zero-order chi connectivity index (χ0) is 19.5. The molecule has 0 aliphatic carbocycles. The number of para-hydroxylation sites is 1. The fraction of sp³-hybridized carbons (Fsp3) is 0.0833. The topological polar surface area (TPSA) is 44.1 Å². The standard InChI is InChI=1S/C24H20N2O2/c1-17-7-12-19(13-8-17)26-23(16-11-18-9-14-20(28-2)15-10-18)25-22-6-4-3-5-21(22)24(26)27/h3-16H,1-2H3/b16-11+. The maximum Gasteiger partial charge on any atom is 0.266 e. The molecule has 4 heteroatoms. The highest BCUT2D eigenvalue weighted by Crippen LogP contribution is 2.17. The molecule has 0 spiro atoms. The molecule has 3 aromatic carbocycles. The lowest BCUT2D eigenvalue weighted by Crippen LogP contribution is -2.22. The summed E-state index contributed by atoms with van der Waals surface area (Å²) in [5, 5.41) is 0.602. The number of rotatable bonds is 4. The number of ether oxygens (including phenoxy) is 1. The van der Waals surface area contributed by atoms with Crippen LogP contribution in [0.5, 0.6) is 5.75 Å². The number of aromatic nitrogens is 2. The van der Waals surface area contributed by atoms with Crippen molar-refractivity contribution >= 4 is 23.1 Å². The van der Waals surface area contributed by atoms with Crippen molar-refractivity contribution < 1.29 is 4.74 Å². The second-order valence-corrected chi connectivity index (χ2v) is 6.57. The van der Waals surface area contributed by atoms with E-state index in [0.29, 0.717) is 16.7 Å². The molecule has 0 saturated carbocycles. The fourth-order valence-electron chi connectivity index (χ4n) is 3.09. The summed E-state index contributed by atoms with van der Waals surface area (Å²) in [6, 6.07) is 23.0. The quantitative estimate of drug-likeness (QED) is 0.516. The predicted octanol–water partition coefficient (Wildman–Crippen LogP) is 4.87. The number of aryl methyl sites for hydroxylation is 1. The van der Waals surface area contributed by atoms with Gasteiger partial charge in [-0.15, -0.1) is 0 Å². The molecule has 0 radical (unpaired) electrons. The van der Waals surface area contributed by atoms with E-state index in [2.05, 4.69) is 0 Å². The second-order valence-electron chi connectivity index (χ2n) is 6.57. The van der Waals surface area contributed by atoms with Crippen LogP contribution >= 0.6 is 0 Å². The van der Waals surface area contributed by atoms with Crippen LogP contribution < -0.4 is 10.3 Å². The van der Waals surface area contributed by atoms with Crippen molar-refractivity contribution in [2.24, 2.45) is 0 Å². The number of hydrogen-bond acceptors (Lipinski definition) is 3. The molecule has 0 bridgehead atoms. The highest BCUT2D eigenvalue weighted by molar-refractivity contribution is 5.80. The van der Waals surface area contributed by atoms with Crippen LogP contribution in [-0.2, 0) is 0 Å². The molecule has 0 atom stereocenters. The Balaban J connectivity index is 1.87. The van der Waals surface area contributed by atoms with Crippen LogP contribution in [0, 0.1) is 6.92 Å². The van der Waals surface area contributed by atoms with Crippen molar-refractivity contribution in [3.63, 3.8) is 0 Å². The fourth-order valence-corrected chi connectivity index (χ4v) is 3.09. The van der Waals surface area contributed by atoms with E-state index < -0.39 is 0 Å². The maximum atomic E-state index is 13.2. The maximum absolute atomic E-state index is 13.2. The number of fused-ring (bicyclic) bond motifs is 1. The van der Waals surface area contributed by atoms with Gasteiger partial charge in [-0.25, -0.2) is 4.98 Å². The van der Waals surface area contributed by atoms with E-state index in [1.807, 2.05) is 91.9 Å². The number of hydrogen-bond donors (Lipinski definition) is 0. The third-order valence-electron chi connectivity index (χ3n) is 4.63. The van der Waals surface area contributed by atoms with Crippen molar-refractivity contribution in [2.45, 2.75) is 6.92 Å². The highest BCUT2D eigenvalue weighted by atomic mass is 16.5. The van der Waals surface area contributed by atoms with Crippen molar-refractivity contribution in [1.82, 2.24) is 9.55 Å². The summed E-state index contributed by atoms with van der Waals surface area (Å²) in [5.41, 5.74) is 3.54. The van der Waals surface area contributed by atoms with Crippen molar-refractivity contribution in [1.29, 1.82) is 0 Å². The van der Waals surface area contributed by atoms with Gasteiger partial charge < -0.3 is 4.74 Å². The Hall–Kier alpha value is -3.66. The summed E-state index contributed by atoms with van der Waals surface area (Å²) in [6.07, 6.45) is 3.82. The third kappa shape index (κ3) is 3.45. The monoisotopic (exact) mass is 368 g/mol. The molecule has 0 amide bonds. The van der Waals surface area contributed by atoms with Crippen LogP contribution in [0.3, 0.4) is 0 Å². The molecule has 4 nitrogen and oxygen atoms in total. The van der Waals surface area contributed by atoms with Crippen LogP contribution in [-0.4, -0.2) is 16.7 Å². The minimum absolute atomic E-state index is 0.0798. The Labute approximate surface area is 163 Å². The zero-order valence-electron chi connectivity index (χ0n) is 15.8. The molecule has 0 unspecified atom stereocenters. The van der Waals surface area contributed by atoms with E-state index in [1.165, 1.54) is 0 Å². The van der Waals surface area contributed by atoms with Gasteiger partial charge in [-0.1, -0.05) is 48.0 Å². The van der Waals surface area contributed by atoms with Gasteiger partial charge in [-0.05, 0) is 55.0 Å². The summed E-state index contributed by atoms with van der Waals surface area (Å²) in [6.45, 7) is 2.02. The number of benzene rings is 3. The van der Waals surface area contributed by atoms with Crippen LogP contribution in [0.15, 0.2) is 77.6 Å². The Morgan fingerprint density at radius 3 is 2.32 bits per heavy atom. The first-order chi connectivity index (χ1) is 13.7. The van der Waals surface area contributed by atoms with Crippen LogP contribution in [0.1, 0.15) is 17.0 Å². The smallest absolute Gasteiger partial charge is 0.266 e. The van der Waals surface area contributed by atoms with Crippen molar-refractivity contribution in [3.05, 3.63) is 100 Å². The second kappa shape index (κ2) is 7.53. The van der Waals surface area contributed by atoms with Gasteiger partial charge in [0.25, 0.3) is 5.56 Å². The molecule has 0 saturated heterocycles. The molecule has 1 heterocycles. The zero-order valence-corrected chi connectivity index (χ0v) is 15.8. The molecule has 0 N–H and O–H groups in total. The molecule has 4 rings (SSSR count). The molecular weight excluding hydrogens is 348 g/mol. The van der Waals surface area contributed by atoms with Gasteiger partial charge in [0.05, 0.1) is 23.7 Å². The predicted molar refractivity (Wildman–Crippen MR) is 114 cm³/mol. The average Bonchev–Trinajstić information content (AvgIpc) is 2.74. The lowest BCUT2D eigenvalue weighted by molar-refractivity contribution is 0.415. The van der Waals surface area contributed by atoms with Gasteiger partial charge in [0.15, 0.2) is 0 Å². The van der Waals surface area contributed by atoms with Crippen LogP contribution in [0.2, 0.25) is 0 Å². The van der Waals surface area contributed by atoms with E-state index in [9.17, 15) is 4.79 Å². The van der Waals surface area contributed by atoms with Gasteiger partial charge in [-0.3, -0.25) is 9.36 Å². The number of nitrogens with zero attached hydrogens (tertiary/aromatic N) is 2. The Bertz CT molecular complexity index is 1200. The summed E-state index contributed by atoms with van der Waals surface area (Å²) < 4.78 is 6.86. The molecule has 28 heavy (non-hydrogen) atoms. The number of methoxy groups -OCH3 is 1. The molecule has 0 fully saturated rings. The van der Waals surface area contributed by atoms with Gasteiger partial charge in [0, 0.05) is 0 Å². The Morgan fingerprint density at radius 1 is 0.893 bits per heavy atom. The lowest BCUT2D eigenvalue weighted by Gasteiger charge is -2.11. The van der Waals surface area contributed by atoms with Crippen molar-refractivity contribution in [3.8, 4) is 11.4 Å². The van der Waals surface area contributed by atoms with Crippen molar-refractivity contribution in [2.75, 3.05) is 7.11 Å². The highest BCUT2D eigenvalue weighted by Gasteiger charge is 2.10. The van der Waals surface area contributed by atoms with E-state index >= 15 is 0 Å². The SMILES string of the molecule is COc1ccc(/C=C/c2nc3ccccc3c(=O)n2-c2ccc(C)cc2)cc1. The van der Waals surface area contributed by atoms with Gasteiger partial charge in [-0.2, -0.15) is 0 Å². The molecule has 1 aromatic heterocycles. The van der Waals surface area contributed by atoms with E-state index in [-0.39, 0.29) is 5.56 Å². The molecular formula is C24H20N2O2. The molecule has 0 aliphatic rings. The van der Waals surface area contributed by atoms with Gasteiger partial charge in [0.1, 0.15) is 11.6 Å². The first-order valence-electron chi connectivity index (χ1n) is 9.07. The molecule has 4 aromatic rings. The normalized spacial score (nSPS) is 11.2. The summed E-state index contributed by atoms with van der Waals surface area (Å²) >= 11 is 0. The van der Waals surface area contributed by atoms with E-state index in [4.69, 9.17) is 9.72 Å². The summed E-state index contributed by atoms with van der Waals surface area (Å²) in [5.74, 6) is 1.39. The first-order valence-corrected chi connectivity index (χ1v) is 9.07. The molecule has 0 aliphatic heterocycles. The third-order valence-corrected chi connectivity index (χ3v) is 4.63. The van der Waals surface area contributed by atoms with Gasteiger partial charge in [0.2, 0.25) is 0 Å². The summed E-state index contributed by atoms with van der Waals surface area (Å²) in [4.78, 5) is 17.9. The average molecular weight is 368 g/mol. The minimum Gasteiger partial charge on any atom is -0.497 e. The van der Waals surface area contributed by atoms with Crippen LogP contribution in [0.25, 0.3) is 28.7 Å². The lowest BCUT2D eigenvalue weighted by atomic mass is 10.2. The minimum atomic E-state index is -0.0798. The molecule has 138 valence electrons. The largest absolute Gasteiger partial charge is 0.497 e.